The van der Waals surface area contributed by atoms with Gasteiger partial charge in [0, 0.05) is 38.2 Å². The van der Waals surface area contributed by atoms with Gasteiger partial charge in [0.25, 0.3) is 5.91 Å². The van der Waals surface area contributed by atoms with Crippen molar-refractivity contribution in [2.45, 2.75) is 46.3 Å². The zero-order valence-corrected chi connectivity index (χ0v) is 14.9. The number of likely N-dealkylation sites (tertiary alicyclic amines) is 1. The van der Waals surface area contributed by atoms with Crippen LogP contribution in [-0.4, -0.2) is 44.8 Å². The highest BCUT2D eigenvalue weighted by Crippen LogP contribution is 2.54. The second-order valence-corrected chi connectivity index (χ2v) is 8.52. The van der Waals surface area contributed by atoms with Gasteiger partial charge in [0.1, 0.15) is 11.3 Å². The number of amides is 1. The lowest BCUT2D eigenvalue weighted by atomic mass is 9.98. The van der Waals surface area contributed by atoms with Crippen LogP contribution in [0.3, 0.4) is 0 Å². The minimum absolute atomic E-state index is 0.0633. The summed E-state index contributed by atoms with van der Waals surface area (Å²) in [5, 5.41) is 4.29. The van der Waals surface area contributed by atoms with E-state index in [2.05, 4.69) is 37.8 Å². The van der Waals surface area contributed by atoms with Gasteiger partial charge in [-0.1, -0.05) is 19.0 Å². The van der Waals surface area contributed by atoms with E-state index in [4.69, 9.17) is 4.84 Å². The van der Waals surface area contributed by atoms with E-state index in [9.17, 15) is 4.79 Å². The normalized spacial score (nSPS) is 30.3. The van der Waals surface area contributed by atoms with Crippen LogP contribution in [0.1, 0.15) is 44.6 Å². The summed E-state index contributed by atoms with van der Waals surface area (Å²) >= 11 is 0. The molecule has 1 amide bonds. The van der Waals surface area contributed by atoms with Crippen molar-refractivity contribution in [3.8, 4) is 0 Å². The van der Waals surface area contributed by atoms with E-state index in [0.29, 0.717) is 29.4 Å². The molecule has 1 aromatic rings. The molecule has 130 valence electrons. The molecule has 3 aliphatic rings. The number of fused-ring (bicyclic) bond motifs is 1. The van der Waals surface area contributed by atoms with E-state index in [1.807, 2.05) is 15.7 Å². The van der Waals surface area contributed by atoms with E-state index in [0.717, 1.165) is 26.1 Å². The maximum absolute atomic E-state index is 12.6. The fourth-order valence-corrected chi connectivity index (χ4v) is 4.20. The van der Waals surface area contributed by atoms with E-state index in [1.165, 1.54) is 5.71 Å². The molecule has 0 bridgehead atoms. The van der Waals surface area contributed by atoms with Crippen LogP contribution in [0.2, 0.25) is 0 Å². The van der Waals surface area contributed by atoms with Gasteiger partial charge in [-0.15, -0.1) is 0 Å². The molecule has 3 heterocycles. The molecular formula is C18H26N4O2. The topological polar surface area (TPSA) is 59.7 Å². The molecule has 2 fully saturated rings. The van der Waals surface area contributed by atoms with Crippen molar-refractivity contribution in [2.75, 3.05) is 13.1 Å². The van der Waals surface area contributed by atoms with Gasteiger partial charge in [-0.2, -0.15) is 0 Å². The van der Waals surface area contributed by atoms with Gasteiger partial charge < -0.3 is 14.3 Å². The van der Waals surface area contributed by atoms with Crippen LogP contribution in [-0.2, 0) is 11.4 Å². The monoisotopic (exact) mass is 330 g/mol. The van der Waals surface area contributed by atoms with Crippen LogP contribution in [0.5, 0.6) is 0 Å². The molecule has 6 heteroatoms. The Bertz CT molecular complexity index is 679. The number of rotatable bonds is 4. The van der Waals surface area contributed by atoms with Crippen molar-refractivity contribution < 1.29 is 9.63 Å². The SMILES string of the molecule is CC(C)Cn1cnc(C(=O)N2CC3C(C2)C3C2=NOC(C)(C)C2)c1. The van der Waals surface area contributed by atoms with Crippen LogP contribution >= 0.6 is 0 Å². The first-order chi connectivity index (χ1) is 11.3. The number of aromatic nitrogens is 2. The molecule has 24 heavy (non-hydrogen) atoms. The third-order valence-electron chi connectivity index (χ3n) is 5.31. The minimum atomic E-state index is -0.162. The third-order valence-corrected chi connectivity index (χ3v) is 5.31. The van der Waals surface area contributed by atoms with Gasteiger partial charge in [0.05, 0.1) is 12.0 Å². The Hall–Kier alpha value is -1.85. The molecular weight excluding hydrogens is 304 g/mol. The number of nitrogens with zero attached hydrogens (tertiary/aromatic N) is 4. The first-order valence-electron chi connectivity index (χ1n) is 8.90. The third kappa shape index (κ3) is 2.72. The highest BCUT2D eigenvalue weighted by Gasteiger charge is 2.60. The number of hydrogen-bond donors (Lipinski definition) is 0. The first-order valence-corrected chi connectivity index (χ1v) is 8.90. The number of hydrogen-bond acceptors (Lipinski definition) is 4. The van der Waals surface area contributed by atoms with E-state index in [1.54, 1.807) is 6.33 Å². The predicted octanol–water partition coefficient (Wildman–Crippen LogP) is 2.41. The fraction of sp³-hybridized carbons (Fsp3) is 0.722. The first kappa shape index (κ1) is 15.7. The lowest BCUT2D eigenvalue weighted by Crippen LogP contribution is -2.33. The number of piperidine rings is 1. The van der Waals surface area contributed by atoms with E-state index >= 15 is 0 Å². The summed E-state index contributed by atoms with van der Waals surface area (Å²) in [7, 11) is 0. The molecule has 1 aromatic heterocycles. The second kappa shape index (κ2) is 5.33. The summed E-state index contributed by atoms with van der Waals surface area (Å²) < 4.78 is 2.00. The lowest BCUT2D eigenvalue weighted by Gasteiger charge is -2.19. The second-order valence-electron chi connectivity index (χ2n) is 8.52. The molecule has 2 atom stereocenters. The van der Waals surface area contributed by atoms with Crippen molar-refractivity contribution in [3.63, 3.8) is 0 Å². The summed E-state index contributed by atoms with van der Waals surface area (Å²) in [5.74, 6) is 2.25. The summed E-state index contributed by atoms with van der Waals surface area (Å²) in [6.07, 6.45) is 4.55. The Morgan fingerprint density at radius 2 is 2.08 bits per heavy atom. The Morgan fingerprint density at radius 1 is 1.38 bits per heavy atom. The highest BCUT2D eigenvalue weighted by atomic mass is 16.7. The summed E-state index contributed by atoms with van der Waals surface area (Å²) in [5.41, 5.74) is 1.60. The molecule has 6 nitrogen and oxygen atoms in total. The quantitative estimate of drug-likeness (QED) is 0.852. The van der Waals surface area contributed by atoms with E-state index < -0.39 is 0 Å². The number of oxime groups is 1. The van der Waals surface area contributed by atoms with Crippen LogP contribution in [0.4, 0.5) is 0 Å². The maximum Gasteiger partial charge on any atom is 0.274 e. The van der Waals surface area contributed by atoms with Crippen LogP contribution in [0.15, 0.2) is 17.7 Å². The lowest BCUT2D eigenvalue weighted by molar-refractivity contribution is 0.0123. The van der Waals surface area contributed by atoms with Gasteiger partial charge in [0.15, 0.2) is 0 Å². The highest BCUT2D eigenvalue weighted by molar-refractivity contribution is 5.94. The van der Waals surface area contributed by atoms with Gasteiger partial charge in [-0.25, -0.2) is 4.98 Å². The van der Waals surface area contributed by atoms with Crippen molar-refractivity contribution in [1.82, 2.24) is 14.5 Å². The van der Waals surface area contributed by atoms with Crippen LogP contribution in [0, 0.1) is 23.7 Å². The Labute approximate surface area is 142 Å². The zero-order chi connectivity index (χ0) is 17.1. The summed E-state index contributed by atoms with van der Waals surface area (Å²) in [6.45, 7) is 11.0. The van der Waals surface area contributed by atoms with Crippen molar-refractivity contribution in [3.05, 3.63) is 18.2 Å². The van der Waals surface area contributed by atoms with Gasteiger partial charge >= 0.3 is 0 Å². The molecule has 0 spiro atoms. The summed E-state index contributed by atoms with van der Waals surface area (Å²) in [6, 6.07) is 0. The number of imidazole rings is 1. The Kier molecular flexibility index (Phi) is 3.48. The van der Waals surface area contributed by atoms with Crippen molar-refractivity contribution >= 4 is 11.6 Å². The minimum Gasteiger partial charge on any atom is -0.389 e. The zero-order valence-electron chi connectivity index (χ0n) is 14.9. The smallest absolute Gasteiger partial charge is 0.274 e. The molecule has 1 saturated carbocycles. The molecule has 0 radical (unpaired) electrons. The average Bonchev–Trinajstić information content (AvgIpc) is 2.94. The largest absolute Gasteiger partial charge is 0.389 e. The number of carbonyl (C=O) groups is 1. The molecule has 1 saturated heterocycles. The summed E-state index contributed by atoms with van der Waals surface area (Å²) in [4.78, 5) is 24.4. The van der Waals surface area contributed by atoms with Gasteiger partial charge in [-0.3, -0.25) is 4.79 Å². The average molecular weight is 330 g/mol. The molecule has 0 N–H and O–H groups in total. The molecule has 2 unspecified atom stereocenters. The van der Waals surface area contributed by atoms with Crippen molar-refractivity contribution in [2.24, 2.45) is 28.8 Å². The van der Waals surface area contributed by atoms with Gasteiger partial charge in [0.2, 0.25) is 0 Å². The molecule has 2 aliphatic heterocycles. The maximum atomic E-state index is 12.6. The standard InChI is InChI=1S/C18H26N4O2/c1-11(2)6-21-9-15(19-10-21)17(23)22-7-12-13(8-22)16(12)14-5-18(3,4)24-20-14/h9-13,16H,5-8H2,1-4H3. The van der Waals surface area contributed by atoms with Crippen LogP contribution < -0.4 is 0 Å². The molecule has 4 rings (SSSR count). The predicted molar refractivity (Wildman–Crippen MR) is 90.7 cm³/mol. The Morgan fingerprint density at radius 3 is 2.67 bits per heavy atom. The van der Waals surface area contributed by atoms with E-state index in [-0.39, 0.29) is 11.5 Å². The molecule has 0 aromatic carbocycles. The Balaban J connectivity index is 1.35. The van der Waals surface area contributed by atoms with Crippen LogP contribution in [0.25, 0.3) is 0 Å². The van der Waals surface area contributed by atoms with Gasteiger partial charge in [-0.05, 0) is 31.6 Å². The number of carbonyl (C=O) groups excluding carboxylic acids is 1. The molecule has 1 aliphatic carbocycles. The fourth-order valence-electron chi connectivity index (χ4n) is 4.20. The van der Waals surface area contributed by atoms with Crippen molar-refractivity contribution in [1.29, 1.82) is 0 Å².